The van der Waals surface area contributed by atoms with Crippen LogP contribution in [0.3, 0.4) is 0 Å². The van der Waals surface area contributed by atoms with Gasteiger partial charge in [0.2, 0.25) is 0 Å². The molecule has 1 aromatic heterocycles. The summed E-state index contributed by atoms with van der Waals surface area (Å²) < 4.78 is 2.84. The van der Waals surface area contributed by atoms with Gasteiger partial charge in [-0.1, -0.05) is 15.9 Å². The Morgan fingerprint density at radius 1 is 1.33 bits per heavy atom. The summed E-state index contributed by atoms with van der Waals surface area (Å²) in [5, 5.41) is 7.79. The molecule has 2 aromatic rings. The molecule has 130 valence electrons. The zero-order valence-corrected chi connectivity index (χ0v) is 16.2. The number of carbonyl (C=O) groups is 1. The summed E-state index contributed by atoms with van der Waals surface area (Å²) in [6.45, 7) is 3.53. The van der Waals surface area contributed by atoms with E-state index in [0.717, 1.165) is 41.8 Å². The highest BCUT2D eigenvalue weighted by Crippen LogP contribution is 2.18. The van der Waals surface area contributed by atoms with Crippen molar-refractivity contribution in [1.82, 2.24) is 20.0 Å². The van der Waals surface area contributed by atoms with Gasteiger partial charge in [-0.3, -0.25) is 4.79 Å². The minimum absolute atomic E-state index is 0. The van der Waals surface area contributed by atoms with E-state index in [1.54, 1.807) is 0 Å². The van der Waals surface area contributed by atoms with E-state index >= 15 is 0 Å². The second-order valence-corrected chi connectivity index (χ2v) is 6.85. The summed E-state index contributed by atoms with van der Waals surface area (Å²) in [5.41, 5.74) is 2.43. The molecule has 1 aliphatic rings. The first-order valence-corrected chi connectivity index (χ1v) is 8.67. The molecule has 0 spiro atoms. The molecule has 5 nitrogen and oxygen atoms in total. The van der Waals surface area contributed by atoms with Gasteiger partial charge in [0.1, 0.15) is 0 Å². The highest BCUT2D eigenvalue weighted by atomic mass is 79.9. The number of aromatic nitrogens is 2. The summed E-state index contributed by atoms with van der Waals surface area (Å²) in [6, 6.07) is 10.2. The summed E-state index contributed by atoms with van der Waals surface area (Å²) in [7, 11) is 1.95. The van der Waals surface area contributed by atoms with E-state index in [1.165, 1.54) is 0 Å². The Hall–Kier alpha value is -1.37. The fourth-order valence-electron chi connectivity index (χ4n) is 2.98. The first kappa shape index (κ1) is 19.0. The topological polar surface area (TPSA) is 50.2 Å². The number of likely N-dealkylation sites (N-methyl/N-ethyl adjacent to an activating group) is 1. The molecule has 3 rings (SSSR count). The Balaban J connectivity index is 0.00000208. The molecule has 1 aromatic carbocycles. The highest BCUT2D eigenvalue weighted by Gasteiger charge is 2.25. The first-order chi connectivity index (χ1) is 11.1. The van der Waals surface area contributed by atoms with Gasteiger partial charge in [0, 0.05) is 29.3 Å². The second-order valence-electron chi connectivity index (χ2n) is 5.94. The number of aryl methyl sites for hydroxylation is 1. The third-order valence-corrected chi connectivity index (χ3v) is 4.82. The van der Waals surface area contributed by atoms with Crippen LogP contribution < -0.4 is 5.32 Å². The number of amides is 1. The molecule has 0 saturated carbocycles. The van der Waals surface area contributed by atoms with Gasteiger partial charge in [0.15, 0.2) is 5.69 Å². The quantitative estimate of drug-likeness (QED) is 0.841. The van der Waals surface area contributed by atoms with Crippen molar-refractivity contribution in [1.29, 1.82) is 0 Å². The molecule has 24 heavy (non-hydrogen) atoms. The number of halogens is 2. The molecule has 1 N–H and O–H groups in total. The van der Waals surface area contributed by atoms with Gasteiger partial charge in [-0.2, -0.15) is 5.10 Å². The zero-order chi connectivity index (χ0) is 16.4. The highest BCUT2D eigenvalue weighted by molar-refractivity contribution is 9.10. The van der Waals surface area contributed by atoms with Crippen LogP contribution in [0.15, 0.2) is 34.8 Å². The van der Waals surface area contributed by atoms with E-state index < -0.39 is 0 Å². The Labute approximate surface area is 157 Å². The molecule has 0 radical (unpaired) electrons. The lowest BCUT2D eigenvalue weighted by Gasteiger charge is -2.32. The Morgan fingerprint density at radius 3 is 2.71 bits per heavy atom. The SMILES string of the molecule is CNC1CCCN(C(=O)c2cc(C)n(-c3ccc(Br)cc3)n2)C1.Cl. The number of hydrogen-bond donors (Lipinski definition) is 1. The van der Waals surface area contributed by atoms with E-state index in [2.05, 4.69) is 26.3 Å². The second kappa shape index (κ2) is 8.14. The molecular weight excluding hydrogens is 392 g/mol. The molecule has 1 unspecified atom stereocenters. The first-order valence-electron chi connectivity index (χ1n) is 7.87. The van der Waals surface area contributed by atoms with Crippen molar-refractivity contribution in [2.45, 2.75) is 25.8 Å². The van der Waals surface area contributed by atoms with E-state index in [0.29, 0.717) is 11.7 Å². The van der Waals surface area contributed by atoms with Crippen LogP contribution in [0.5, 0.6) is 0 Å². The van der Waals surface area contributed by atoms with Crippen LogP contribution in [-0.4, -0.2) is 46.8 Å². The standard InChI is InChI=1S/C17H21BrN4O.ClH/c1-12-10-16(17(23)21-9-3-4-14(11-21)19-2)20-22(12)15-7-5-13(18)6-8-15;/h5-8,10,14,19H,3-4,9,11H2,1-2H3;1H. The lowest BCUT2D eigenvalue weighted by molar-refractivity contribution is 0.0691. The van der Waals surface area contributed by atoms with E-state index in [9.17, 15) is 4.79 Å². The fraction of sp³-hybridized carbons (Fsp3) is 0.412. The number of nitrogens with one attached hydrogen (secondary N) is 1. The van der Waals surface area contributed by atoms with Crippen molar-refractivity contribution < 1.29 is 4.79 Å². The van der Waals surface area contributed by atoms with Gasteiger partial charge in [-0.15, -0.1) is 12.4 Å². The summed E-state index contributed by atoms with van der Waals surface area (Å²) >= 11 is 3.43. The van der Waals surface area contributed by atoms with Crippen molar-refractivity contribution in [2.24, 2.45) is 0 Å². The fourth-order valence-corrected chi connectivity index (χ4v) is 3.25. The average Bonchev–Trinajstić information content (AvgIpc) is 2.97. The van der Waals surface area contributed by atoms with Crippen LogP contribution in [0.2, 0.25) is 0 Å². The number of likely N-dealkylation sites (tertiary alicyclic amines) is 1. The summed E-state index contributed by atoms with van der Waals surface area (Å²) in [4.78, 5) is 14.6. The third-order valence-electron chi connectivity index (χ3n) is 4.29. The lowest BCUT2D eigenvalue weighted by atomic mass is 10.1. The normalized spacial score (nSPS) is 17.5. The average molecular weight is 414 g/mol. The van der Waals surface area contributed by atoms with Crippen LogP contribution in [0.4, 0.5) is 0 Å². The Bertz CT molecular complexity index is 701. The van der Waals surface area contributed by atoms with E-state index in [-0.39, 0.29) is 18.3 Å². The van der Waals surface area contributed by atoms with Gasteiger partial charge in [-0.25, -0.2) is 4.68 Å². The van der Waals surface area contributed by atoms with Crippen LogP contribution in [0, 0.1) is 6.92 Å². The predicted molar refractivity (Wildman–Crippen MR) is 101 cm³/mol. The number of hydrogen-bond acceptors (Lipinski definition) is 3. The molecular formula is C17H22BrClN4O. The minimum Gasteiger partial charge on any atom is -0.336 e. The van der Waals surface area contributed by atoms with E-state index in [4.69, 9.17) is 0 Å². The number of piperidine rings is 1. The molecule has 0 bridgehead atoms. The van der Waals surface area contributed by atoms with Crippen LogP contribution in [0.25, 0.3) is 5.69 Å². The molecule has 1 fully saturated rings. The van der Waals surface area contributed by atoms with Crippen molar-refractivity contribution in [3.8, 4) is 5.69 Å². The molecule has 1 atom stereocenters. The molecule has 0 aliphatic carbocycles. The number of rotatable bonds is 3. The van der Waals surface area contributed by atoms with Gasteiger partial charge in [-0.05, 0) is 57.1 Å². The maximum Gasteiger partial charge on any atom is 0.274 e. The summed E-state index contributed by atoms with van der Waals surface area (Å²) in [6.07, 6.45) is 2.15. The van der Waals surface area contributed by atoms with Crippen LogP contribution in [-0.2, 0) is 0 Å². The van der Waals surface area contributed by atoms with Crippen molar-refractivity contribution in [2.75, 3.05) is 20.1 Å². The third kappa shape index (κ3) is 3.99. The number of nitrogens with zero attached hydrogens (tertiary/aromatic N) is 3. The Morgan fingerprint density at radius 2 is 2.04 bits per heavy atom. The minimum atomic E-state index is 0. The molecule has 7 heteroatoms. The van der Waals surface area contributed by atoms with Crippen LogP contribution in [0.1, 0.15) is 29.0 Å². The number of benzene rings is 1. The van der Waals surface area contributed by atoms with Crippen molar-refractivity contribution in [3.63, 3.8) is 0 Å². The molecule has 1 amide bonds. The van der Waals surface area contributed by atoms with Crippen LogP contribution >= 0.6 is 28.3 Å². The van der Waals surface area contributed by atoms with E-state index in [1.807, 2.05) is 53.9 Å². The lowest BCUT2D eigenvalue weighted by Crippen LogP contribution is -2.47. The monoisotopic (exact) mass is 412 g/mol. The maximum absolute atomic E-state index is 12.7. The number of carbonyl (C=O) groups excluding carboxylic acids is 1. The molecule has 1 aliphatic heterocycles. The summed E-state index contributed by atoms with van der Waals surface area (Å²) in [5.74, 6) is 0.0175. The smallest absolute Gasteiger partial charge is 0.274 e. The largest absolute Gasteiger partial charge is 0.336 e. The molecule has 2 heterocycles. The van der Waals surface area contributed by atoms with Crippen molar-refractivity contribution in [3.05, 3.63) is 46.2 Å². The maximum atomic E-state index is 12.7. The van der Waals surface area contributed by atoms with Gasteiger partial charge in [0.25, 0.3) is 5.91 Å². The van der Waals surface area contributed by atoms with Gasteiger partial charge < -0.3 is 10.2 Å². The zero-order valence-electron chi connectivity index (χ0n) is 13.8. The Kier molecular flexibility index (Phi) is 6.43. The van der Waals surface area contributed by atoms with Crippen molar-refractivity contribution >= 4 is 34.2 Å². The molecule has 1 saturated heterocycles. The van der Waals surface area contributed by atoms with Gasteiger partial charge >= 0.3 is 0 Å². The van der Waals surface area contributed by atoms with Gasteiger partial charge in [0.05, 0.1) is 5.69 Å². The predicted octanol–water partition coefficient (Wildman–Crippen LogP) is 3.19.